The minimum atomic E-state index is -4.11. The Balaban J connectivity index is 0.00000256. The molecule has 1 aliphatic rings. The smallest absolute Gasteiger partial charge is 0.343 e. The van der Waals surface area contributed by atoms with Crippen molar-refractivity contribution in [3.05, 3.63) is 52.8 Å². The highest BCUT2D eigenvalue weighted by atomic mass is 32.2. The van der Waals surface area contributed by atoms with Gasteiger partial charge in [0.05, 0.1) is 24.8 Å². The van der Waals surface area contributed by atoms with Gasteiger partial charge in [-0.2, -0.15) is 0 Å². The van der Waals surface area contributed by atoms with Gasteiger partial charge in [-0.1, -0.05) is 19.9 Å². The van der Waals surface area contributed by atoms with Crippen LogP contribution in [-0.4, -0.2) is 41.7 Å². The minimum absolute atomic E-state index is 0. The van der Waals surface area contributed by atoms with Crippen LogP contribution in [0.4, 0.5) is 10.1 Å². The van der Waals surface area contributed by atoms with Crippen molar-refractivity contribution >= 4 is 21.7 Å². The van der Waals surface area contributed by atoms with E-state index in [1.54, 1.807) is 6.07 Å². The maximum atomic E-state index is 13.8. The lowest BCUT2D eigenvalue weighted by Crippen LogP contribution is -2.40. The highest BCUT2D eigenvalue weighted by Gasteiger charge is 2.30. The Labute approximate surface area is 178 Å². The predicted molar refractivity (Wildman–Crippen MR) is 115 cm³/mol. The summed E-state index contributed by atoms with van der Waals surface area (Å²) in [6, 6.07) is 6.80. The van der Waals surface area contributed by atoms with Gasteiger partial charge in [0.25, 0.3) is 10.0 Å². The second-order valence-electron chi connectivity index (χ2n) is 7.40. The van der Waals surface area contributed by atoms with Crippen molar-refractivity contribution in [1.82, 2.24) is 5.32 Å². The van der Waals surface area contributed by atoms with Crippen LogP contribution in [0.2, 0.25) is 0 Å². The van der Waals surface area contributed by atoms with Gasteiger partial charge in [0.2, 0.25) is 0 Å². The number of benzene rings is 2. The number of hydrogen-bond donors (Lipinski definition) is 2. The zero-order valence-electron chi connectivity index (χ0n) is 17.3. The zero-order valence-corrected chi connectivity index (χ0v) is 18.1. The molecule has 3 rings (SSSR count). The van der Waals surface area contributed by atoms with Gasteiger partial charge in [-0.3, -0.25) is 4.72 Å². The Morgan fingerprint density at radius 3 is 2.47 bits per heavy atom. The number of carbonyl (C=O) groups is 1. The van der Waals surface area contributed by atoms with Crippen molar-refractivity contribution in [2.45, 2.75) is 30.6 Å². The summed E-state index contributed by atoms with van der Waals surface area (Å²) >= 11 is 0. The maximum Gasteiger partial charge on any atom is 0.343 e. The second-order valence-corrected chi connectivity index (χ2v) is 9.05. The average Bonchev–Trinajstić information content (AvgIpc) is 2.64. The molecule has 0 aliphatic carbocycles. The molecule has 1 fully saturated rings. The van der Waals surface area contributed by atoms with E-state index in [4.69, 9.17) is 9.47 Å². The third-order valence-electron chi connectivity index (χ3n) is 5.13. The molecule has 1 aliphatic heterocycles. The largest absolute Gasteiger partial charge is 0.495 e. The maximum absolute atomic E-state index is 13.8. The standard InChI is InChI=1S/C21H25FN2O5S.2H2/c1-12(2)15-6-7-17(19(20(15)28-3)21(25)29-4)24-30(26,27)18-8-5-14(22)9-16(18)13-10-23-11-13;;/h5-9,12-13,23-24H,10-11H2,1-4H3;2*1H. The topological polar surface area (TPSA) is 93.7 Å². The number of rotatable bonds is 7. The summed E-state index contributed by atoms with van der Waals surface area (Å²) in [7, 11) is -1.49. The molecule has 0 spiro atoms. The molecule has 30 heavy (non-hydrogen) atoms. The lowest BCUT2D eigenvalue weighted by Gasteiger charge is -2.29. The van der Waals surface area contributed by atoms with E-state index in [0.29, 0.717) is 18.7 Å². The van der Waals surface area contributed by atoms with E-state index < -0.39 is 21.8 Å². The SMILES string of the molecule is COC(=O)c1c(NS(=O)(=O)c2ccc(F)cc2C2CNC2)ccc(C(C)C)c1OC.[HH].[HH]. The number of nitrogens with one attached hydrogen (secondary N) is 2. The molecule has 0 aromatic heterocycles. The fourth-order valence-corrected chi connectivity index (χ4v) is 4.81. The quantitative estimate of drug-likeness (QED) is 0.638. The molecule has 2 aromatic carbocycles. The Hall–Kier alpha value is -2.65. The predicted octanol–water partition coefficient (Wildman–Crippen LogP) is 3.72. The molecule has 1 saturated heterocycles. The first-order valence-corrected chi connectivity index (χ1v) is 11.0. The van der Waals surface area contributed by atoms with Crippen LogP contribution in [0.15, 0.2) is 35.2 Å². The van der Waals surface area contributed by atoms with Crippen LogP contribution in [0.5, 0.6) is 5.75 Å². The summed E-state index contributed by atoms with van der Waals surface area (Å²) in [5.41, 5.74) is 1.16. The van der Waals surface area contributed by atoms with Crippen molar-refractivity contribution in [1.29, 1.82) is 0 Å². The van der Waals surface area contributed by atoms with Crippen molar-refractivity contribution in [3.8, 4) is 5.75 Å². The molecule has 0 radical (unpaired) electrons. The van der Waals surface area contributed by atoms with Crippen molar-refractivity contribution in [2.75, 3.05) is 32.0 Å². The van der Waals surface area contributed by atoms with Crippen LogP contribution in [0, 0.1) is 5.82 Å². The van der Waals surface area contributed by atoms with Crippen LogP contribution in [0.25, 0.3) is 0 Å². The summed E-state index contributed by atoms with van der Waals surface area (Å²) in [5, 5.41) is 3.06. The number of ether oxygens (including phenoxy) is 2. The van der Waals surface area contributed by atoms with Crippen LogP contribution in [0.3, 0.4) is 0 Å². The van der Waals surface area contributed by atoms with E-state index in [-0.39, 0.29) is 36.6 Å². The van der Waals surface area contributed by atoms with Gasteiger partial charge in [0.1, 0.15) is 17.1 Å². The Bertz CT molecular complexity index is 1080. The molecule has 7 nitrogen and oxygen atoms in total. The molecule has 166 valence electrons. The molecule has 0 saturated carbocycles. The molecule has 2 N–H and O–H groups in total. The molecule has 1 heterocycles. The van der Waals surface area contributed by atoms with E-state index in [9.17, 15) is 17.6 Å². The summed E-state index contributed by atoms with van der Waals surface area (Å²) in [6.07, 6.45) is 0. The molecule has 2 aromatic rings. The van der Waals surface area contributed by atoms with Gasteiger partial charge < -0.3 is 14.8 Å². The number of esters is 1. The summed E-state index contributed by atoms with van der Waals surface area (Å²) < 4.78 is 53.0. The Morgan fingerprint density at radius 1 is 1.23 bits per heavy atom. The number of anilines is 1. The van der Waals surface area contributed by atoms with Crippen molar-refractivity contribution in [3.63, 3.8) is 0 Å². The molecule has 0 amide bonds. The van der Waals surface area contributed by atoms with E-state index in [2.05, 4.69) is 10.0 Å². The van der Waals surface area contributed by atoms with E-state index in [1.165, 1.54) is 32.4 Å². The van der Waals surface area contributed by atoms with Gasteiger partial charge in [-0.25, -0.2) is 17.6 Å². The molecular formula is C21H29FN2O5S. The molecule has 0 bridgehead atoms. The van der Waals surface area contributed by atoms with Crippen LogP contribution in [0.1, 0.15) is 50.0 Å². The monoisotopic (exact) mass is 440 g/mol. The van der Waals surface area contributed by atoms with E-state index in [1.807, 2.05) is 13.8 Å². The molecule has 9 heteroatoms. The van der Waals surface area contributed by atoms with Crippen LogP contribution in [-0.2, 0) is 14.8 Å². The van der Waals surface area contributed by atoms with Gasteiger partial charge >= 0.3 is 5.97 Å². The first kappa shape index (κ1) is 22.0. The second kappa shape index (κ2) is 8.61. The van der Waals surface area contributed by atoms with Gasteiger partial charge in [0, 0.05) is 21.9 Å². The molecular weight excluding hydrogens is 411 g/mol. The average molecular weight is 441 g/mol. The minimum Gasteiger partial charge on any atom is -0.495 e. The number of methoxy groups -OCH3 is 2. The number of carbonyl (C=O) groups excluding carboxylic acids is 1. The van der Waals surface area contributed by atoms with E-state index >= 15 is 0 Å². The lowest BCUT2D eigenvalue weighted by molar-refractivity contribution is 0.0598. The molecule has 0 atom stereocenters. The number of sulfonamides is 1. The highest BCUT2D eigenvalue weighted by Crippen LogP contribution is 2.37. The van der Waals surface area contributed by atoms with Gasteiger partial charge in [-0.15, -0.1) is 0 Å². The van der Waals surface area contributed by atoms with E-state index in [0.717, 1.165) is 11.6 Å². The zero-order chi connectivity index (χ0) is 22.1. The Kier molecular flexibility index (Phi) is 6.33. The van der Waals surface area contributed by atoms with Crippen molar-refractivity contribution < 1.29 is 29.9 Å². The summed E-state index contributed by atoms with van der Waals surface area (Å²) in [6.45, 7) is 4.99. The first-order valence-electron chi connectivity index (χ1n) is 9.51. The lowest BCUT2D eigenvalue weighted by atomic mass is 9.94. The number of hydrogen-bond acceptors (Lipinski definition) is 6. The van der Waals surface area contributed by atoms with Crippen LogP contribution >= 0.6 is 0 Å². The van der Waals surface area contributed by atoms with Crippen LogP contribution < -0.4 is 14.8 Å². The fourth-order valence-electron chi connectivity index (χ4n) is 3.45. The summed E-state index contributed by atoms with van der Waals surface area (Å²) in [5.74, 6) is -1.06. The number of halogens is 1. The van der Waals surface area contributed by atoms with Gasteiger partial charge in [-0.05, 0) is 41.3 Å². The van der Waals surface area contributed by atoms with Crippen molar-refractivity contribution in [2.24, 2.45) is 0 Å². The van der Waals surface area contributed by atoms with Gasteiger partial charge in [0.15, 0.2) is 0 Å². The third kappa shape index (κ3) is 4.13. The normalized spacial score (nSPS) is 14.3. The highest BCUT2D eigenvalue weighted by molar-refractivity contribution is 7.92. The third-order valence-corrected chi connectivity index (χ3v) is 6.57. The fraction of sp³-hybridized carbons (Fsp3) is 0.381. The Morgan fingerprint density at radius 2 is 1.93 bits per heavy atom. The summed E-state index contributed by atoms with van der Waals surface area (Å²) in [4.78, 5) is 12.5. The molecule has 0 unspecified atom stereocenters. The first-order chi connectivity index (χ1) is 14.2.